The molecule has 0 aliphatic heterocycles. The molecule has 0 bridgehead atoms. The third-order valence-electron chi connectivity index (χ3n) is 4.21. The minimum atomic E-state index is -0.517. The number of para-hydroxylation sites is 1. The summed E-state index contributed by atoms with van der Waals surface area (Å²) in [4.78, 5) is 19.3. The molecular formula is C22H16BrN5O3. The van der Waals surface area contributed by atoms with Gasteiger partial charge in [-0.2, -0.15) is 0 Å². The lowest BCUT2D eigenvalue weighted by molar-refractivity contribution is -0.383. The highest BCUT2D eigenvalue weighted by molar-refractivity contribution is 9.10. The van der Waals surface area contributed by atoms with Crippen molar-refractivity contribution in [3.05, 3.63) is 99.8 Å². The van der Waals surface area contributed by atoms with E-state index in [0.717, 1.165) is 10.2 Å². The zero-order valence-electron chi connectivity index (χ0n) is 16.0. The van der Waals surface area contributed by atoms with Gasteiger partial charge in [0, 0.05) is 15.8 Å². The molecule has 4 rings (SSSR count). The van der Waals surface area contributed by atoms with Gasteiger partial charge in [-0.15, -0.1) is 0 Å². The molecule has 4 aromatic rings. The van der Waals surface area contributed by atoms with Crippen molar-refractivity contribution in [3.8, 4) is 11.5 Å². The van der Waals surface area contributed by atoms with E-state index in [4.69, 9.17) is 4.74 Å². The highest BCUT2D eigenvalue weighted by Gasteiger charge is 2.23. The zero-order valence-corrected chi connectivity index (χ0v) is 17.6. The Morgan fingerprint density at radius 3 is 1.84 bits per heavy atom. The second-order valence-corrected chi connectivity index (χ2v) is 7.29. The normalized spacial score (nSPS) is 10.4. The summed E-state index contributed by atoms with van der Waals surface area (Å²) < 4.78 is 6.66. The first-order valence-corrected chi connectivity index (χ1v) is 10.00. The van der Waals surface area contributed by atoms with Crippen LogP contribution < -0.4 is 15.4 Å². The molecule has 0 saturated heterocycles. The molecule has 9 heteroatoms. The summed E-state index contributed by atoms with van der Waals surface area (Å²) in [6, 6.07) is 23.7. The van der Waals surface area contributed by atoms with Crippen LogP contribution in [-0.2, 0) is 0 Å². The smallest absolute Gasteiger partial charge is 0.353 e. The number of hydrogen-bond donors (Lipinski definition) is 2. The molecule has 31 heavy (non-hydrogen) atoms. The molecule has 2 N–H and O–H groups in total. The maximum absolute atomic E-state index is 11.8. The lowest BCUT2D eigenvalue weighted by Gasteiger charge is -2.11. The Kier molecular flexibility index (Phi) is 6.04. The van der Waals surface area contributed by atoms with E-state index in [1.807, 2.05) is 42.5 Å². The van der Waals surface area contributed by atoms with Crippen molar-refractivity contribution in [1.82, 2.24) is 9.97 Å². The Balaban J connectivity index is 1.55. The average Bonchev–Trinajstić information content (AvgIpc) is 2.77. The molecule has 0 atom stereocenters. The van der Waals surface area contributed by atoms with Gasteiger partial charge in [-0.3, -0.25) is 10.1 Å². The summed E-state index contributed by atoms with van der Waals surface area (Å²) >= 11 is 3.36. The lowest BCUT2D eigenvalue weighted by Crippen LogP contribution is -2.05. The lowest BCUT2D eigenvalue weighted by atomic mass is 10.3. The van der Waals surface area contributed by atoms with Gasteiger partial charge in [0.1, 0.15) is 17.8 Å². The minimum absolute atomic E-state index is 0.0799. The van der Waals surface area contributed by atoms with Gasteiger partial charge in [0.05, 0.1) is 4.92 Å². The van der Waals surface area contributed by atoms with Gasteiger partial charge in [-0.1, -0.05) is 34.1 Å². The van der Waals surface area contributed by atoms with E-state index < -0.39 is 4.92 Å². The van der Waals surface area contributed by atoms with Crippen LogP contribution in [0.5, 0.6) is 11.5 Å². The van der Waals surface area contributed by atoms with Gasteiger partial charge < -0.3 is 15.4 Å². The van der Waals surface area contributed by atoms with E-state index in [1.54, 1.807) is 36.4 Å². The number of anilines is 4. The molecule has 0 aliphatic carbocycles. The van der Waals surface area contributed by atoms with Crippen LogP contribution in [-0.4, -0.2) is 14.9 Å². The Morgan fingerprint density at radius 1 is 0.774 bits per heavy atom. The Morgan fingerprint density at radius 2 is 1.29 bits per heavy atom. The van der Waals surface area contributed by atoms with E-state index in [1.165, 1.54) is 6.33 Å². The molecule has 0 saturated carbocycles. The first-order valence-electron chi connectivity index (χ1n) is 9.20. The molecule has 0 fully saturated rings. The largest absolute Gasteiger partial charge is 0.457 e. The van der Waals surface area contributed by atoms with Crippen LogP contribution in [0, 0.1) is 10.1 Å². The highest BCUT2D eigenvalue weighted by atomic mass is 79.9. The first kappa shape index (κ1) is 20.3. The third kappa shape index (κ3) is 5.14. The average molecular weight is 478 g/mol. The molecule has 0 amide bonds. The predicted octanol–water partition coefficient (Wildman–Crippen LogP) is 6.43. The van der Waals surface area contributed by atoms with Crippen molar-refractivity contribution in [2.75, 3.05) is 10.6 Å². The van der Waals surface area contributed by atoms with Crippen LogP contribution in [0.15, 0.2) is 89.7 Å². The van der Waals surface area contributed by atoms with Gasteiger partial charge in [0.15, 0.2) is 0 Å². The zero-order chi connectivity index (χ0) is 21.6. The second-order valence-electron chi connectivity index (χ2n) is 6.37. The SMILES string of the molecule is O=[N+]([O-])c1c(Nc2ccc(Br)cc2)ncnc1Nc1ccc(Oc2ccccc2)cc1. The number of nitro groups is 1. The summed E-state index contributed by atoms with van der Waals surface area (Å²) in [5, 5.41) is 17.7. The number of nitrogens with one attached hydrogen (secondary N) is 2. The topological polar surface area (TPSA) is 102 Å². The van der Waals surface area contributed by atoms with E-state index in [-0.39, 0.29) is 17.3 Å². The quantitative estimate of drug-likeness (QED) is 0.233. The molecule has 0 spiro atoms. The molecule has 1 aromatic heterocycles. The van der Waals surface area contributed by atoms with Gasteiger partial charge in [0.2, 0.25) is 11.6 Å². The van der Waals surface area contributed by atoms with Gasteiger partial charge in [0.25, 0.3) is 0 Å². The van der Waals surface area contributed by atoms with Crippen molar-refractivity contribution in [2.24, 2.45) is 0 Å². The summed E-state index contributed by atoms with van der Waals surface area (Å²) in [7, 11) is 0. The van der Waals surface area contributed by atoms with E-state index in [0.29, 0.717) is 17.1 Å². The van der Waals surface area contributed by atoms with Crippen LogP contribution >= 0.6 is 15.9 Å². The van der Waals surface area contributed by atoms with Crippen LogP contribution in [0.25, 0.3) is 0 Å². The van der Waals surface area contributed by atoms with Gasteiger partial charge >= 0.3 is 5.69 Å². The number of rotatable bonds is 7. The Hall–Kier alpha value is -3.98. The van der Waals surface area contributed by atoms with Gasteiger partial charge in [-0.05, 0) is 60.7 Å². The Labute approximate surface area is 186 Å². The number of aromatic nitrogens is 2. The molecule has 0 aliphatic rings. The monoisotopic (exact) mass is 477 g/mol. The maximum atomic E-state index is 11.8. The molecule has 3 aromatic carbocycles. The fourth-order valence-corrected chi connectivity index (χ4v) is 3.04. The fraction of sp³-hybridized carbons (Fsp3) is 0. The van der Waals surface area contributed by atoms with Crippen molar-refractivity contribution in [2.45, 2.75) is 0 Å². The molecule has 154 valence electrons. The van der Waals surface area contributed by atoms with Crippen LogP contribution in [0.3, 0.4) is 0 Å². The van der Waals surface area contributed by atoms with Crippen LogP contribution in [0.2, 0.25) is 0 Å². The number of nitrogens with zero attached hydrogens (tertiary/aromatic N) is 3. The van der Waals surface area contributed by atoms with Crippen molar-refractivity contribution in [1.29, 1.82) is 0 Å². The van der Waals surface area contributed by atoms with Crippen LogP contribution in [0.4, 0.5) is 28.7 Å². The van der Waals surface area contributed by atoms with E-state index in [2.05, 4.69) is 36.5 Å². The van der Waals surface area contributed by atoms with Crippen molar-refractivity contribution in [3.63, 3.8) is 0 Å². The van der Waals surface area contributed by atoms with Crippen molar-refractivity contribution >= 4 is 44.6 Å². The maximum Gasteiger partial charge on any atom is 0.353 e. The second kappa shape index (κ2) is 9.23. The molecular weight excluding hydrogens is 462 g/mol. The number of hydrogen-bond acceptors (Lipinski definition) is 7. The standard InChI is InChI=1S/C22H16BrN5O3/c23-15-6-8-16(9-7-15)26-21-20(28(29)30)22(25-14-24-21)27-17-10-12-19(13-11-17)31-18-4-2-1-3-5-18/h1-14H,(H2,24,25,26,27). The van der Waals surface area contributed by atoms with Gasteiger partial charge in [-0.25, -0.2) is 9.97 Å². The summed E-state index contributed by atoms with van der Waals surface area (Å²) in [6.07, 6.45) is 1.27. The van der Waals surface area contributed by atoms with E-state index >= 15 is 0 Å². The number of benzene rings is 3. The summed E-state index contributed by atoms with van der Waals surface area (Å²) in [5.74, 6) is 1.54. The minimum Gasteiger partial charge on any atom is -0.457 e. The fourth-order valence-electron chi connectivity index (χ4n) is 2.77. The summed E-state index contributed by atoms with van der Waals surface area (Å²) in [5.41, 5.74) is 1.03. The van der Waals surface area contributed by atoms with Crippen LogP contribution in [0.1, 0.15) is 0 Å². The highest BCUT2D eigenvalue weighted by Crippen LogP contribution is 2.33. The molecule has 0 radical (unpaired) electrons. The number of halogens is 1. The third-order valence-corrected chi connectivity index (χ3v) is 4.74. The van der Waals surface area contributed by atoms with E-state index in [9.17, 15) is 10.1 Å². The first-order chi connectivity index (χ1) is 15.1. The molecule has 8 nitrogen and oxygen atoms in total. The predicted molar refractivity (Wildman–Crippen MR) is 122 cm³/mol. The molecule has 0 unspecified atom stereocenters. The van der Waals surface area contributed by atoms with Crippen molar-refractivity contribution < 1.29 is 9.66 Å². The summed E-state index contributed by atoms with van der Waals surface area (Å²) in [6.45, 7) is 0. The molecule has 1 heterocycles. The Bertz CT molecular complexity index is 1190. The number of ether oxygens (including phenoxy) is 1.